The number of allylic oxidation sites excluding steroid dienone is 4. The van der Waals surface area contributed by atoms with Crippen LogP contribution in [-0.4, -0.2) is 4.21 Å². The first kappa shape index (κ1) is 39.6. The number of benzene rings is 3. The molecule has 2 aliphatic rings. The minimum Gasteiger partial charge on any atom is -0.184 e. The van der Waals surface area contributed by atoms with Gasteiger partial charge in [0.05, 0.1) is 0 Å². The molecule has 1 atom stereocenters. The van der Waals surface area contributed by atoms with Crippen molar-refractivity contribution in [3.8, 4) is 11.1 Å². The molecule has 3 aromatic carbocycles. The van der Waals surface area contributed by atoms with Gasteiger partial charge in [-0.3, -0.25) is 6.08 Å². The third-order valence-electron chi connectivity index (χ3n) is 6.40. The minimum atomic E-state index is 0. The standard InChI is InChI=1S/C17H17.C10H15.C6H5.C2H5.CH2.2ClH.Zr/c1-10-5-14-9-15-6-11(2)13(4)8-17(15)16(14)7-12(10)3;1-8-5-6-9(7-8)10(2,3)4;1-2-4-6-5-3-1;1-2;;;;/h5,7-8H,9H2,1-4H3;6-8H,1-4H3;1-5H;1H2,2H3;1H2;2*1H;/q4*-1;;;;. The molecule has 0 saturated carbocycles. The Kier molecular flexibility index (Phi) is 19.8. The quantitative estimate of drug-likeness (QED) is 0.168. The zero-order valence-corrected chi connectivity index (χ0v) is 29.4. The first-order valence-corrected chi connectivity index (χ1v) is 14.7. The fourth-order valence-corrected chi connectivity index (χ4v) is 4.04. The molecule has 3 heteroatoms. The van der Waals surface area contributed by atoms with Crippen LogP contribution in [-0.2, 0) is 30.7 Å². The monoisotopic (exact) mass is 638 g/mol. The molecule has 0 spiro atoms. The molecule has 0 aromatic heterocycles. The Morgan fingerprint density at radius 3 is 1.79 bits per heavy atom. The normalized spacial score (nSPS) is 13.4. The van der Waals surface area contributed by atoms with Crippen LogP contribution < -0.4 is 0 Å². The zero-order chi connectivity index (χ0) is 28.2. The Morgan fingerprint density at radius 1 is 0.846 bits per heavy atom. The van der Waals surface area contributed by atoms with Gasteiger partial charge in [0, 0.05) is 0 Å². The maximum absolute atomic E-state index is 3.54. The van der Waals surface area contributed by atoms with E-state index in [1.54, 1.807) is 6.92 Å². The summed E-state index contributed by atoms with van der Waals surface area (Å²) in [4.78, 5) is 0. The second-order valence-corrected chi connectivity index (χ2v) is 10.3. The van der Waals surface area contributed by atoms with Crippen LogP contribution in [0.5, 0.6) is 0 Å². The summed E-state index contributed by atoms with van der Waals surface area (Å²) in [5.41, 5.74) is 12.8. The van der Waals surface area contributed by atoms with E-state index in [1.807, 2.05) is 30.3 Å². The number of halogens is 2. The molecule has 0 radical (unpaired) electrons. The maximum atomic E-state index is 3.54. The molecule has 3 aromatic rings. The number of hydrogen-bond acceptors (Lipinski definition) is 0. The van der Waals surface area contributed by atoms with Gasteiger partial charge in [0.1, 0.15) is 0 Å². The third-order valence-corrected chi connectivity index (χ3v) is 6.40. The van der Waals surface area contributed by atoms with E-state index in [4.69, 9.17) is 0 Å². The zero-order valence-electron chi connectivity index (χ0n) is 25.3. The van der Waals surface area contributed by atoms with Crippen LogP contribution in [0.25, 0.3) is 11.1 Å². The summed E-state index contributed by atoms with van der Waals surface area (Å²) in [5, 5.41) is 0. The molecule has 39 heavy (non-hydrogen) atoms. The topological polar surface area (TPSA) is 0 Å². The molecule has 0 saturated heterocycles. The molecule has 212 valence electrons. The Hall–Kier alpha value is -1.53. The number of fused-ring (bicyclic) bond motifs is 3. The molecule has 0 N–H and O–H groups in total. The fraction of sp³-hybridized carbons (Fsp3) is 0.333. The van der Waals surface area contributed by atoms with Gasteiger partial charge in [-0.25, -0.2) is 6.08 Å². The summed E-state index contributed by atoms with van der Waals surface area (Å²) < 4.78 is 3.34. The predicted molar refractivity (Wildman–Crippen MR) is 175 cm³/mol. The summed E-state index contributed by atoms with van der Waals surface area (Å²) in [7, 11) is 0. The average Bonchev–Trinajstić information content (AvgIpc) is 3.48. The van der Waals surface area contributed by atoms with Crippen molar-refractivity contribution in [1.82, 2.24) is 0 Å². The van der Waals surface area contributed by atoms with Crippen LogP contribution >= 0.6 is 24.8 Å². The molecule has 0 bridgehead atoms. The molecule has 2 aliphatic carbocycles. The molecule has 0 aliphatic heterocycles. The molecule has 0 fully saturated rings. The molecule has 5 rings (SSSR count). The van der Waals surface area contributed by atoms with Crippen LogP contribution in [0.2, 0.25) is 0 Å². The van der Waals surface area contributed by atoms with Crippen molar-refractivity contribution in [2.75, 3.05) is 0 Å². The van der Waals surface area contributed by atoms with Gasteiger partial charge in [0.15, 0.2) is 0 Å². The van der Waals surface area contributed by atoms with Gasteiger partial charge in [0.2, 0.25) is 0 Å². The minimum absolute atomic E-state index is 0. The van der Waals surface area contributed by atoms with Crippen molar-refractivity contribution in [2.24, 2.45) is 11.3 Å². The van der Waals surface area contributed by atoms with E-state index in [-0.39, 0.29) is 24.8 Å². The van der Waals surface area contributed by atoms with Gasteiger partial charge >= 0.3 is 28.4 Å². The second-order valence-electron chi connectivity index (χ2n) is 10.3. The van der Waals surface area contributed by atoms with Crippen molar-refractivity contribution < 1.29 is 24.2 Å². The molecule has 0 amide bonds. The molecular weight excluding hydrogens is 595 g/mol. The first-order chi connectivity index (χ1) is 17.6. The number of hydrogen-bond donors (Lipinski definition) is 0. The molecular formula is C36H46Cl2Zr-4. The van der Waals surface area contributed by atoms with E-state index in [0.29, 0.717) is 11.3 Å². The van der Waals surface area contributed by atoms with Gasteiger partial charge in [-0.05, 0) is 37.0 Å². The van der Waals surface area contributed by atoms with Crippen LogP contribution in [0.4, 0.5) is 0 Å². The summed E-state index contributed by atoms with van der Waals surface area (Å²) in [6.45, 7) is 22.6. The Balaban J connectivity index is 0. The van der Waals surface area contributed by atoms with Crippen molar-refractivity contribution >= 4 is 29.0 Å². The Bertz CT molecular complexity index is 1100. The number of rotatable bonds is 0. The third kappa shape index (κ3) is 12.3. The predicted octanol–water partition coefficient (Wildman–Crippen LogP) is 10.4. The van der Waals surface area contributed by atoms with Gasteiger partial charge in [-0.2, -0.15) is 78.2 Å². The summed E-state index contributed by atoms with van der Waals surface area (Å²) in [6.07, 6.45) is 8.70. The van der Waals surface area contributed by atoms with E-state index in [9.17, 15) is 0 Å². The van der Waals surface area contributed by atoms with E-state index in [0.717, 1.165) is 6.42 Å². The van der Waals surface area contributed by atoms with E-state index in [1.165, 1.54) is 74.3 Å². The van der Waals surface area contributed by atoms with Crippen LogP contribution in [0.15, 0.2) is 66.3 Å². The number of aryl methyl sites for hydroxylation is 4. The maximum Gasteiger partial charge on any atom is -0.171 e. The van der Waals surface area contributed by atoms with E-state index < -0.39 is 0 Å². The van der Waals surface area contributed by atoms with Crippen molar-refractivity contribution in [3.63, 3.8) is 0 Å². The average molecular weight is 641 g/mol. The first-order valence-electron chi connectivity index (χ1n) is 13.0. The smallest absolute Gasteiger partial charge is 0.171 e. The van der Waals surface area contributed by atoms with Crippen LogP contribution in [0, 0.1) is 64.2 Å². The van der Waals surface area contributed by atoms with Crippen molar-refractivity contribution in [2.45, 2.75) is 68.7 Å². The largest absolute Gasteiger partial charge is 0.184 e. The van der Waals surface area contributed by atoms with Crippen molar-refractivity contribution in [3.05, 3.63) is 125 Å². The molecule has 0 heterocycles. The summed E-state index contributed by atoms with van der Waals surface area (Å²) in [5.74, 6) is 0.522. The van der Waals surface area contributed by atoms with E-state index >= 15 is 0 Å². The summed E-state index contributed by atoms with van der Waals surface area (Å²) in [6, 6.07) is 23.0. The molecule has 1 unspecified atom stereocenters. The van der Waals surface area contributed by atoms with Gasteiger partial charge in [-0.1, -0.05) is 70.6 Å². The van der Waals surface area contributed by atoms with E-state index in [2.05, 4.69) is 115 Å². The summed E-state index contributed by atoms with van der Waals surface area (Å²) >= 11 is 1.30. The van der Waals surface area contributed by atoms with Gasteiger partial charge < -0.3 is 6.92 Å². The Labute approximate surface area is 267 Å². The molecule has 0 nitrogen and oxygen atoms in total. The van der Waals surface area contributed by atoms with Crippen molar-refractivity contribution in [1.29, 1.82) is 0 Å². The Morgan fingerprint density at radius 2 is 1.38 bits per heavy atom. The van der Waals surface area contributed by atoms with Gasteiger partial charge in [0.25, 0.3) is 0 Å². The van der Waals surface area contributed by atoms with Crippen LogP contribution in [0.1, 0.15) is 68.0 Å². The van der Waals surface area contributed by atoms with Crippen LogP contribution in [0.3, 0.4) is 0 Å². The second kappa shape index (κ2) is 19.5. The fourth-order valence-electron chi connectivity index (χ4n) is 4.04. The van der Waals surface area contributed by atoms with Gasteiger partial charge in [-0.15, -0.1) is 35.9 Å². The SMILES string of the molecule is CC1[C-]=CC(C(C)(C)C)=C1.Cc1[c-]c2c(cc1C)-c1cc(C)c(C)cc1C2.Cl.Cl.[CH2-]C.[CH2]=[Zr].[c-]1ccccc1.